The van der Waals surface area contributed by atoms with Crippen LogP contribution in [0.1, 0.15) is 12.8 Å². The molecule has 2 nitrogen and oxygen atoms in total. The Labute approximate surface area is 144 Å². The van der Waals surface area contributed by atoms with E-state index in [0.717, 1.165) is 15.4 Å². The molecule has 0 fully saturated rings. The number of hydrogen-bond donors (Lipinski definition) is 1. The van der Waals surface area contributed by atoms with Crippen LogP contribution in [0.25, 0.3) is 0 Å². The van der Waals surface area contributed by atoms with Crippen molar-refractivity contribution in [2.24, 2.45) is 0 Å². The minimum absolute atomic E-state index is 0.152. The number of rotatable bonds is 8. The van der Waals surface area contributed by atoms with Gasteiger partial charge in [-0.3, -0.25) is 0 Å². The van der Waals surface area contributed by atoms with Gasteiger partial charge in [0.15, 0.2) is 0 Å². The standard InChI is InChI=1S/C18H18O2Se2/c19-13-7-12-17(21-15-8-3-1-4-9-15)14-18(20)22-16-10-5-2-6-11-16/h1-6,8-11,14,19H,7,12-13H2/b17-14-. The van der Waals surface area contributed by atoms with Gasteiger partial charge < -0.3 is 0 Å². The van der Waals surface area contributed by atoms with Crippen LogP contribution in [0.4, 0.5) is 0 Å². The zero-order chi connectivity index (χ0) is 15.6. The molecule has 4 heteroatoms. The first-order chi connectivity index (χ1) is 10.8. The molecule has 0 aromatic heterocycles. The summed E-state index contributed by atoms with van der Waals surface area (Å²) in [6.45, 7) is 0.167. The van der Waals surface area contributed by atoms with Crippen molar-refractivity contribution in [2.45, 2.75) is 12.8 Å². The molecule has 0 amide bonds. The number of carbonyl (C=O) groups is 1. The van der Waals surface area contributed by atoms with E-state index >= 15 is 0 Å². The molecule has 0 heterocycles. The molecule has 0 aliphatic heterocycles. The Balaban J connectivity index is 2.05. The number of aliphatic hydroxyl groups excluding tert-OH is 1. The predicted molar refractivity (Wildman–Crippen MR) is 93.1 cm³/mol. The van der Waals surface area contributed by atoms with Gasteiger partial charge in [-0.2, -0.15) is 0 Å². The van der Waals surface area contributed by atoms with Crippen molar-refractivity contribution in [2.75, 3.05) is 6.61 Å². The molecule has 0 aliphatic carbocycles. The van der Waals surface area contributed by atoms with Gasteiger partial charge in [0.05, 0.1) is 0 Å². The zero-order valence-corrected chi connectivity index (χ0v) is 15.6. The molecule has 0 saturated heterocycles. The van der Waals surface area contributed by atoms with Crippen LogP contribution in [-0.2, 0) is 4.79 Å². The number of allylic oxidation sites excluding steroid dienone is 2. The third-order valence-electron chi connectivity index (χ3n) is 2.81. The molecule has 2 aromatic rings. The molecule has 2 aromatic carbocycles. The normalized spacial score (nSPS) is 11.4. The van der Waals surface area contributed by atoms with Gasteiger partial charge in [0, 0.05) is 0 Å². The van der Waals surface area contributed by atoms with E-state index < -0.39 is 0 Å². The van der Waals surface area contributed by atoms with Crippen LogP contribution in [0.3, 0.4) is 0 Å². The molecule has 0 spiro atoms. The molecule has 1 N–H and O–H groups in total. The third kappa shape index (κ3) is 6.31. The number of hydrogen-bond acceptors (Lipinski definition) is 2. The third-order valence-corrected chi connectivity index (χ3v) is 6.84. The Kier molecular flexibility index (Phi) is 7.65. The monoisotopic (exact) mass is 426 g/mol. The van der Waals surface area contributed by atoms with Gasteiger partial charge >= 0.3 is 144 Å². The predicted octanol–water partition coefficient (Wildman–Crippen LogP) is 1.23. The molecule has 0 radical (unpaired) electrons. The summed E-state index contributed by atoms with van der Waals surface area (Å²) >= 11 is -0.0165. The van der Waals surface area contributed by atoms with Gasteiger partial charge in [-0.15, -0.1) is 0 Å². The van der Waals surface area contributed by atoms with Gasteiger partial charge in [-0.05, 0) is 0 Å². The topological polar surface area (TPSA) is 37.3 Å². The van der Waals surface area contributed by atoms with E-state index in [1.807, 2.05) is 54.6 Å². The summed E-state index contributed by atoms with van der Waals surface area (Å²) in [5.41, 5.74) is 0. The van der Waals surface area contributed by atoms with Crippen molar-refractivity contribution in [3.05, 3.63) is 71.2 Å². The Morgan fingerprint density at radius 1 is 0.909 bits per heavy atom. The summed E-state index contributed by atoms with van der Waals surface area (Å²) in [7, 11) is 0. The van der Waals surface area contributed by atoms with Crippen molar-refractivity contribution in [1.82, 2.24) is 0 Å². The summed E-state index contributed by atoms with van der Waals surface area (Å²) in [4.78, 5) is 12.3. The van der Waals surface area contributed by atoms with E-state index in [1.165, 1.54) is 4.46 Å². The van der Waals surface area contributed by atoms with E-state index in [1.54, 1.807) is 0 Å². The van der Waals surface area contributed by atoms with Crippen molar-refractivity contribution in [1.29, 1.82) is 0 Å². The van der Waals surface area contributed by atoms with Crippen molar-refractivity contribution < 1.29 is 9.90 Å². The molecule has 0 atom stereocenters. The first-order valence-electron chi connectivity index (χ1n) is 7.09. The Hall–Kier alpha value is -1.15. The summed E-state index contributed by atoms with van der Waals surface area (Å²) in [6.07, 6.45) is 3.32. The SMILES string of the molecule is O=C(/C=C(/CCCO)[Se]c1ccccc1)[Se]c1ccccc1. The molecule has 0 bridgehead atoms. The summed E-state index contributed by atoms with van der Waals surface area (Å²) in [5.74, 6) is 0. The number of carbonyl (C=O) groups excluding carboxylic acids is 1. The molecule has 0 unspecified atom stereocenters. The van der Waals surface area contributed by atoms with E-state index in [9.17, 15) is 4.79 Å². The second kappa shape index (κ2) is 9.78. The van der Waals surface area contributed by atoms with E-state index in [-0.39, 0.29) is 41.2 Å². The molecule has 0 saturated carbocycles. The fraction of sp³-hybridized carbons (Fsp3) is 0.167. The maximum absolute atomic E-state index is 12.3. The fourth-order valence-electron chi connectivity index (χ4n) is 1.81. The van der Waals surface area contributed by atoms with Crippen LogP contribution in [0.2, 0.25) is 0 Å². The van der Waals surface area contributed by atoms with Gasteiger partial charge in [-0.25, -0.2) is 0 Å². The van der Waals surface area contributed by atoms with E-state index in [0.29, 0.717) is 6.42 Å². The van der Waals surface area contributed by atoms with Crippen LogP contribution >= 0.6 is 0 Å². The Morgan fingerprint density at radius 3 is 2.00 bits per heavy atom. The van der Waals surface area contributed by atoms with Gasteiger partial charge in [-0.1, -0.05) is 0 Å². The Morgan fingerprint density at radius 2 is 1.45 bits per heavy atom. The van der Waals surface area contributed by atoms with Crippen LogP contribution in [0.15, 0.2) is 71.2 Å². The maximum atomic E-state index is 12.3. The fourth-order valence-corrected chi connectivity index (χ4v) is 5.83. The average Bonchev–Trinajstić information content (AvgIpc) is 2.54. The summed E-state index contributed by atoms with van der Waals surface area (Å²) < 4.78 is 3.73. The molecular weight excluding hydrogens is 406 g/mol. The second-order valence-electron chi connectivity index (χ2n) is 4.59. The number of aliphatic hydroxyl groups is 1. The summed E-state index contributed by atoms with van der Waals surface area (Å²) in [6, 6.07) is 20.1. The van der Waals surface area contributed by atoms with E-state index in [2.05, 4.69) is 12.1 Å². The minimum atomic E-state index is -0.168. The zero-order valence-electron chi connectivity index (χ0n) is 12.1. The van der Waals surface area contributed by atoms with Gasteiger partial charge in [0.1, 0.15) is 0 Å². The van der Waals surface area contributed by atoms with Crippen molar-refractivity contribution >= 4 is 43.5 Å². The van der Waals surface area contributed by atoms with Gasteiger partial charge in [0.25, 0.3) is 0 Å². The van der Waals surface area contributed by atoms with Gasteiger partial charge in [0.2, 0.25) is 0 Å². The quantitative estimate of drug-likeness (QED) is 0.512. The van der Waals surface area contributed by atoms with E-state index in [4.69, 9.17) is 5.11 Å². The summed E-state index contributed by atoms with van der Waals surface area (Å²) in [5, 5.41) is 9.05. The van der Waals surface area contributed by atoms with Crippen LogP contribution in [0, 0.1) is 0 Å². The number of benzene rings is 2. The Bertz CT molecular complexity index is 609. The average molecular weight is 424 g/mol. The molecule has 22 heavy (non-hydrogen) atoms. The second-order valence-corrected chi connectivity index (χ2v) is 9.37. The molecule has 114 valence electrons. The van der Waals surface area contributed by atoms with Crippen molar-refractivity contribution in [3.63, 3.8) is 0 Å². The van der Waals surface area contributed by atoms with Crippen LogP contribution in [0.5, 0.6) is 0 Å². The van der Waals surface area contributed by atoms with Crippen LogP contribution < -0.4 is 8.92 Å². The first-order valence-corrected chi connectivity index (χ1v) is 10.5. The molecule has 0 aliphatic rings. The molecular formula is C18H18O2Se2. The van der Waals surface area contributed by atoms with Crippen molar-refractivity contribution in [3.8, 4) is 0 Å². The molecule has 2 rings (SSSR count). The van der Waals surface area contributed by atoms with Crippen LogP contribution in [-0.4, -0.2) is 46.3 Å². The first kappa shape index (κ1) is 17.2.